The minimum atomic E-state index is 0. The summed E-state index contributed by atoms with van der Waals surface area (Å²) in [5, 5.41) is 0.970. The molecule has 1 aliphatic heterocycles. The molecule has 2 atom stereocenters. The van der Waals surface area contributed by atoms with E-state index < -0.39 is 0 Å². The van der Waals surface area contributed by atoms with E-state index >= 15 is 0 Å². The summed E-state index contributed by atoms with van der Waals surface area (Å²) in [6.45, 7) is 5.16. The lowest BCUT2D eigenvalue weighted by molar-refractivity contribution is -0.135. The van der Waals surface area contributed by atoms with E-state index in [-0.39, 0.29) is 36.8 Å². The van der Waals surface area contributed by atoms with Crippen molar-refractivity contribution in [3.63, 3.8) is 0 Å². The zero-order valence-electron chi connectivity index (χ0n) is 12.6. The van der Waals surface area contributed by atoms with Gasteiger partial charge in [0.15, 0.2) is 0 Å². The maximum absolute atomic E-state index is 12.4. The van der Waals surface area contributed by atoms with Gasteiger partial charge in [0, 0.05) is 49.7 Å². The van der Waals surface area contributed by atoms with Crippen LogP contribution in [0.3, 0.4) is 0 Å². The van der Waals surface area contributed by atoms with E-state index in [9.17, 15) is 4.79 Å². The molecule has 0 radical (unpaired) electrons. The van der Waals surface area contributed by atoms with Gasteiger partial charge in [0.25, 0.3) is 0 Å². The fraction of sp³-hybridized carbons (Fsp3) is 0.769. The van der Waals surface area contributed by atoms with E-state index in [2.05, 4.69) is 14.3 Å². The molecule has 1 amide bonds. The lowest BCUT2D eigenvalue weighted by Gasteiger charge is -2.35. The number of halogens is 2. The Morgan fingerprint density at radius 2 is 1.91 bits per heavy atom. The van der Waals surface area contributed by atoms with Gasteiger partial charge >= 0.3 is 0 Å². The van der Waals surface area contributed by atoms with Crippen LogP contribution in [0.2, 0.25) is 0 Å². The molecule has 0 bridgehead atoms. The van der Waals surface area contributed by atoms with E-state index in [0.717, 1.165) is 56.4 Å². The fourth-order valence-electron chi connectivity index (χ4n) is 3.03. The summed E-state index contributed by atoms with van der Waals surface area (Å²) in [6.07, 6.45) is 2.80. The van der Waals surface area contributed by atoms with Crippen LogP contribution in [0.15, 0.2) is 0 Å². The summed E-state index contributed by atoms with van der Waals surface area (Å²) in [4.78, 5) is 21.0. The Hall–Kier alpha value is -0.630. The van der Waals surface area contributed by atoms with Crippen LogP contribution in [0.1, 0.15) is 25.1 Å². The number of hydrogen-bond acceptors (Lipinski definition) is 6. The minimum Gasteiger partial charge on any atom is -0.343 e. The first-order valence-corrected chi connectivity index (χ1v) is 8.00. The number of rotatable bonds is 2. The molecule has 2 fully saturated rings. The highest BCUT2D eigenvalue weighted by Gasteiger charge is 2.32. The zero-order valence-corrected chi connectivity index (χ0v) is 15.1. The molecule has 1 aromatic heterocycles. The molecule has 6 nitrogen and oxygen atoms in total. The quantitative estimate of drug-likeness (QED) is 0.856. The fourth-order valence-corrected chi connectivity index (χ4v) is 3.76. The lowest BCUT2D eigenvalue weighted by Crippen LogP contribution is -2.50. The lowest BCUT2D eigenvalue weighted by atomic mass is 10.1. The largest absolute Gasteiger partial charge is 0.343 e. The molecule has 1 saturated heterocycles. The Balaban J connectivity index is 0.00000121. The predicted molar refractivity (Wildman–Crippen MR) is 93.3 cm³/mol. The highest BCUT2D eigenvalue weighted by molar-refractivity contribution is 7.09. The van der Waals surface area contributed by atoms with Gasteiger partial charge in [-0.3, -0.25) is 4.79 Å². The number of carbonyl (C=O) groups is 1. The molecule has 1 saturated carbocycles. The third kappa shape index (κ3) is 4.22. The summed E-state index contributed by atoms with van der Waals surface area (Å²) in [5.74, 6) is 1.27. The van der Waals surface area contributed by atoms with Crippen molar-refractivity contribution in [2.45, 2.75) is 32.2 Å². The summed E-state index contributed by atoms with van der Waals surface area (Å²) in [5.41, 5.74) is 5.90. The number of hydrogen-bond donors (Lipinski definition) is 1. The van der Waals surface area contributed by atoms with Crippen molar-refractivity contribution >= 4 is 47.4 Å². The molecule has 2 heterocycles. The number of nitrogens with zero attached hydrogens (tertiary/aromatic N) is 4. The first-order chi connectivity index (χ1) is 9.63. The Bertz CT molecular complexity index is 493. The number of aryl methyl sites for hydroxylation is 1. The molecule has 0 aromatic carbocycles. The second-order valence-electron chi connectivity index (χ2n) is 5.71. The molecular formula is C13H23Cl2N5OS. The van der Waals surface area contributed by atoms with Crippen molar-refractivity contribution in [2.75, 3.05) is 31.1 Å². The third-order valence-electron chi connectivity index (χ3n) is 4.20. The van der Waals surface area contributed by atoms with Crippen LogP contribution in [0.4, 0.5) is 5.13 Å². The van der Waals surface area contributed by atoms with Gasteiger partial charge in [0.05, 0.1) is 0 Å². The van der Waals surface area contributed by atoms with Gasteiger partial charge in [-0.2, -0.15) is 4.37 Å². The summed E-state index contributed by atoms with van der Waals surface area (Å²) in [7, 11) is 0. The van der Waals surface area contributed by atoms with Crippen LogP contribution in [-0.2, 0) is 4.79 Å². The topological polar surface area (TPSA) is 75.4 Å². The molecular weight excluding hydrogens is 345 g/mol. The number of anilines is 1. The van der Waals surface area contributed by atoms with Crippen LogP contribution in [0.5, 0.6) is 0 Å². The smallest absolute Gasteiger partial charge is 0.225 e. The highest BCUT2D eigenvalue weighted by atomic mass is 35.5. The Kier molecular flexibility index (Phi) is 7.31. The van der Waals surface area contributed by atoms with Gasteiger partial charge in [-0.05, 0) is 26.2 Å². The number of nitrogens with two attached hydrogens (primary N) is 1. The molecule has 3 rings (SSSR count). The normalized spacial score (nSPS) is 24.6. The van der Waals surface area contributed by atoms with Gasteiger partial charge < -0.3 is 15.5 Å². The van der Waals surface area contributed by atoms with Crippen molar-refractivity contribution in [1.29, 1.82) is 0 Å². The van der Waals surface area contributed by atoms with Crippen LogP contribution in [0.25, 0.3) is 0 Å². The number of amides is 1. The van der Waals surface area contributed by atoms with Crippen molar-refractivity contribution in [3.05, 3.63) is 5.82 Å². The summed E-state index contributed by atoms with van der Waals surface area (Å²) in [6, 6.07) is 0.217. The molecule has 126 valence electrons. The highest BCUT2D eigenvalue weighted by Crippen LogP contribution is 2.27. The summed E-state index contributed by atoms with van der Waals surface area (Å²) < 4.78 is 4.21. The molecule has 22 heavy (non-hydrogen) atoms. The number of aromatic nitrogens is 2. The first-order valence-electron chi connectivity index (χ1n) is 7.23. The third-order valence-corrected chi connectivity index (χ3v) is 5.07. The van der Waals surface area contributed by atoms with E-state index in [1.54, 1.807) is 0 Å². The number of piperazine rings is 1. The Morgan fingerprint density at radius 3 is 2.41 bits per heavy atom. The van der Waals surface area contributed by atoms with Gasteiger partial charge in [0.2, 0.25) is 11.0 Å². The number of carbonyl (C=O) groups excluding carboxylic acids is 1. The van der Waals surface area contributed by atoms with Gasteiger partial charge in [-0.15, -0.1) is 24.8 Å². The second-order valence-corrected chi connectivity index (χ2v) is 6.44. The molecule has 9 heteroatoms. The van der Waals surface area contributed by atoms with Crippen LogP contribution < -0.4 is 10.6 Å². The zero-order chi connectivity index (χ0) is 14.1. The standard InChI is InChI=1S/C13H21N5OS.2ClH/c1-9-15-13(20-16-9)18-6-4-17(5-7-18)12(19)10-2-3-11(14)8-10;;/h10-11H,2-8,14H2,1H3;2*1H. The van der Waals surface area contributed by atoms with E-state index in [0.29, 0.717) is 5.91 Å². The van der Waals surface area contributed by atoms with Gasteiger partial charge in [-0.1, -0.05) is 0 Å². The van der Waals surface area contributed by atoms with Crippen molar-refractivity contribution < 1.29 is 4.79 Å². The maximum Gasteiger partial charge on any atom is 0.225 e. The first kappa shape index (κ1) is 19.4. The van der Waals surface area contributed by atoms with Crippen LogP contribution >= 0.6 is 36.3 Å². The second kappa shape index (κ2) is 8.29. The average Bonchev–Trinajstić information content (AvgIpc) is 3.07. The van der Waals surface area contributed by atoms with E-state index in [1.165, 1.54) is 11.5 Å². The monoisotopic (exact) mass is 367 g/mol. The van der Waals surface area contributed by atoms with Crippen molar-refractivity contribution in [2.24, 2.45) is 11.7 Å². The molecule has 2 N–H and O–H groups in total. The molecule has 2 unspecified atom stereocenters. The maximum atomic E-state index is 12.4. The van der Waals surface area contributed by atoms with Crippen molar-refractivity contribution in [1.82, 2.24) is 14.3 Å². The van der Waals surface area contributed by atoms with E-state index in [4.69, 9.17) is 5.73 Å². The minimum absolute atomic E-state index is 0. The van der Waals surface area contributed by atoms with Gasteiger partial charge in [-0.25, -0.2) is 4.98 Å². The van der Waals surface area contributed by atoms with Gasteiger partial charge in [0.1, 0.15) is 5.82 Å². The van der Waals surface area contributed by atoms with Crippen molar-refractivity contribution in [3.8, 4) is 0 Å². The van der Waals surface area contributed by atoms with Crippen LogP contribution in [0, 0.1) is 12.8 Å². The molecule has 2 aliphatic rings. The Labute approximate surface area is 147 Å². The molecule has 0 spiro atoms. The van der Waals surface area contributed by atoms with Crippen LogP contribution in [-0.4, -0.2) is 52.4 Å². The average molecular weight is 368 g/mol. The predicted octanol–water partition coefficient (Wildman–Crippen LogP) is 1.47. The van der Waals surface area contributed by atoms with E-state index in [1.807, 2.05) is 11.8 Å². The Morgan fingerprint density at radius 1 is 1.23 bits per heavy atom. The summed E-state index contributed by atoms with van der Waals surface area (Å²) >= 11 is 1.44. The molecule has 1 aromatic rings. The SMILES string of the molecule is Cc1nsc(N2CCN(C(=O)C3CCC(N)C3)CC2)n1.Cl.Cl. The molecule has 1 aliphatic carbocycles.